The number of rotatable bonds is 2. The Labute approximate surface area is 171 Å². The van der Waals surface area contributed by atoms with Crippen molar-refractivity contribution in [1.29, 1.82) is 0 Å². The van der Waals surface area contributed by atoms with E-state index >= 15 is 0 Å². The summed E-state index contributed by atoms with van der Waals surface area (Å²) >= 11 is 0. The van der Waals surface area contributed by atoms with Crippen LogP contribution in [0.25, 0.3) is 0 Å². The molecule has 1 unspecified atom stereocenters. The van der Waals surface area contributed by atoms with Crippen molar-refractivity contribution in [3.63, 3.8) is 0 Å². The lowest BCUT2D eigenvalue weighted by Crippen LogP contribution is -2.44. The fraction of sp³-hybridized carbons (Fsp3) is 0.571. The maximum absolute atomic E-state index is 12.7. The highest BCUT2D eigenvalue weighted by atomic mass is 16.5. The molecule has 4 N–H and O–H groups in total. The molecule has 1 aromatic carbocycles. The minimum atomic E-state index is -0.727. The Hall–Kier alpha value is -2.45. The van der Waals surface area contributed by atoms with Crippen LogP contribution < -0.4 is 16.4 Å². The van der Waals surface area contributed by atoms with Crippen LogP contribution in [0.1, 0.15) is 44.0 Å². The molecule has 1 spiro atoms. The molecule has 0 aliphatic carbocycles. The number of nitrogens with zero attached hydrogens (tertiary/aromatic N) is 1. The molecule has 8 nitrogen and oxygen atoms in total. The Kier molecular flexibility index (Phi) is 5.95. The SMILES string of the molecule is CC(C)(C)NC(=O)c1cccc(NC(=O)C(=O)N2CC(N)C3(CCOCC3)C2)c1. The van der Waals surface area contributed by atoms with E-state index in [1.807, 2.05) is 20.8 Å². The number of carbonyl (C=O) groups excluding carboxylic acids is 3. The van der Waals surface area contributed by atoms with E-state index in [9.17, 15) is 14.4 Å². The van der Waals surface area contributed by atoms with Gasteiger partial charge in [0.2, 0.25) is 0 Å². The largest absolute Gasteiger partial charge is 0.381 e. The van der Waals surface area contributed by atoms with E-state index in [4.69, 9.17) is 10.5 Å². The molecule has 2 aliphatic rings. The topological polar surface area (TPSA) is 114 Å². The number of nitrogens with two attached hydrogens (primary N) is 1. The Bertz CT molecular complexity index is 796. The van der Waals surface area contributed by atoms with E-state index in [2.05, 4.69) is 10.6 Å². The number of hydrogen-bond acceptors (Lipinski definition) is 5. The summed E-state index contributed by atoms with van der Waals surface area (Å²) in [5.74, 6) is -1.57. The second kappa shape index (κ2) is 8.12. The maximum atomic E-state index is 12.7. The van der Waals surface area contributed by atoms with Gasteiger partial charge in [0, 0.05) is 54.5 Å². The zero-order chi connectivity index (χ0) is 21.2. The van der Waals surface area contributed by atoms with Crippen LogP contribution in [0, 0.1) is 5.41 Å². The second-order valence-electron chi connectivity index (χ2n) is 9.01. The van der Waals surface area contributed by atoms with Crippen molar-refractivity contribution in [3.05, 3.63) is 29.8 Å². The summed E-state index contributed by atoms with van der Waals surface area (Å²) in [5.41, 5.74) is 6.57. The maximum Gasteiger partial charge on any atom is 0.313 e. The molecule has 1 aromatic rings. The van der Waals surface area contributed by atoms with Crippen LogP contribution in [-0.4, -0.2) is 60.5 Å². The van der Waals surface area contributed by atoms with Gasteiger partial charge in [-0.3, -0.25) is 14.4 Å². The Morgan fingerprint density at radius 1 is 1.21 bits per heavy atom. The number of carbonyl (C=O) groups is 3. The first-order valence-electron chi connectivity index (χ1n) is 9.96. The van der Waals surface area contributed by atoms with E-state index < -0.39 is 11.8 Å². The lowest BCUT2D eigenvalue weighted by Gasteiger charge is -2.36. The van der Waals surface area contributed by atoms with E-state index in [-0.39, 0.29) is 22.9 Å². The molecule has 2 saturated heterocycles. The minimum absolute atomic E-state index is 0.160. The average Bonchev–Trinajstić information content (AvgIpc) is 2.96. The Morgan fingerprint density at radius 2 is 1.90 bits per heavy atom. The first-order valence-corrected chi connectivity index (χ1v) is 9.96. The van der Waals surface area contributed by atoms with Crippen molar-refractivity contribution in [2.24, 2.45) is 11.1 Å². The third-order valence-corrected chi connectivity index (χ3v) is 5.55. The number of likely N-dealkylation sites (tertiary alicyclic amines) is 1. The van der Waals surface area contributed by atoms with Crippen molar-refractivity contribution < 1.29 is 19.1 Å². The molecule has 0 saturated carbocycles. The number of amides is 3. The Morgan fingerprint density at radius 3 is 2.55 bits per heavy atom. The second-order valence-corrected chi connectivity index (χ2v) is 9.01. The fourth-order valence-electron chi connectivity index (χ4n) is 3.93. The third-order valence-electron chi connectivity index (χ3n) is 5.55. The van der Waals surface area contributed by atoms with Crippen molar-refractivity contribution >= 4 is 23.4 Å². The molecule has 1 atom stereocenters. The molecule has 0 radical (unpaired) electrons. The lowest BCUT2D eigenvalue weighted by molar-refractivity contribution is -0.142. The lowest BCUT2D eigenvalue weighted by atomic mass is 9.76. The molecule has 2 heterocycles. The molecule has 8 heteroatoms. The van der Waals surface area contributed by atoms with Gasteiger partial charge in [-0.2, -0.15) is 0 Å². The molecule has 2 aliphatic heterocycles. The van der Waals surface area contributed by atoms with Gasteiger partial charge in [-0.05, 0) is 51.8 Å². The normalized spacial score (nSPS) is 21.1. The van der Waals surface area contributed by atoms with Gasteiger partial charge in [0.05, 0.1) is 0 Å². The van der Waals surface area contributed by atoms with Crippen LogP contribution in [0.3, 0.4) is 0 Å². The highest BCUT2D eigenvalue weighted by Crippen LogP contribution is 2.39. The average molecular weight is 402 g/mol. The highest BCUT2D eigenvalue weighted by molar-refractivity contribution is 6.39. The van der Waals surface area contributed by atoms with Gasteiger partial charge in [0.15, 0.2) is 0 Å². The van der Waals surface area contributed by atoms with E-state index in [0.29, 0.717) is 37.6 Å². The number of benzene rings is 1. The summed E-state index contributed by atoms with van der Waals surface area (Å²) in [6, 6.07) is 6.37. The van der Waals surface area contributed by atoms with E-state index in [0.717, 1.165) is 12.8 Å². The molecule has 0 bridgehead atoms. The van der Waals surface area contributed by atoms with Gasteiger partial charge in [-0.25, -0.2) is 0 Å². The number of anilines is 1. The first kappa shape index (κ1) is 21.3. The first-order chi connectivity index (χ1) is 13.6. The van der Waals surface area contributed by atoms with Crippen LogP contribution in [0.4, 0.5) is 5.69 Å². The molecule has 3 rings (SSSR count). The van der Waals surface area contributed by atoms with E-state index in [1.165, 1.54) is 4.90 Å². The van der Waals surface area contributed by atoms with Gasteiger partial charge < -0.3 is 26.0 Å². The third kappa shape index (κ3) is 4.94. The molecule has 2 fully saturated rings. The molecular weight excluding hydrogens is 372 g/mol. The predicted octanol–water partition coefficient (Wildman–Crippen LogP) is 1.12. The predicted molar refractivity (Wildman–Crippen MR) is 109 cm³/mol. The number of hydrogen-bond donors (Lipinski definition) is 3. The summed E-state index contributed by atoms with van der Waals surface area (Å²) < 4.78 is 5.42. The molecule has 0 aromatic heterocycles. The zero-order valence-electron chi connectivity index (χ0n) is 17.3. The van der Waals surface area contributed by atoms with Crippen LogP contribution in [0.15, 0.2) is 24.3 Å². The zero-order valence-corrected chi connectivity index (χ0v) is 17.3. The molecule has 29 heavy (non-hydrogen) atoms. The summed E-state index contributed by atoms with van der Waals surface area (Å²) in [5, 5.41) is 5.48. The standard InChI is InChI=1S/C21H30N4O4/c1-20(2,3)24-17(26)14-5-4-6-15(11-14)23-18(27)19(28)25-12-16(22)21(13-25)7-9-29-10-8-21/h4-6,11,16H,7-10,12-13,22H2,1-3H3,(H,23,27)(H,24,26). The van der Waals surface area contributed by atoms with Gasteiger partial charge in [-0.1, -0.05) is 6.07 Å². The quantitative estimate of drug-likeness (QED) is 0.642. The van der Waals surface area contributed by atoms with Crippen molar-refractivity contribution in [3.8, 4) is 0 Å². The van der Waals surface area contributed by atoms with Gasteiger partial charge in [0.25, 0.3) is 5.91 Å². The van der Waals surface area contributed by atoms with Crippen molar-refractivity contribution in [2.45, 2.75) is 45.2 Å². The summed E-state index contributed by atoms with van der Waals surface area (Å²) in [6.45, 7) is 7.76. The highest BCUT2D eigenvalue weighted by Gasteiger charge is 2.47. The summed E-state index contributed by atoms with van der Waals surface area (Å²) in [6.07, 6.45) is 1.59. The van der Waals surface area contributed by atoms with Crippen LogP contribution in [-0.2, 0) is 14.3 Å². The number of nitrogens with one attached hydrogen (secondary N) is 2. The Balaban J connectivity index is 1.64. The van der Waals surface area contributed by atoms with Gasteiger partial charge >= 0.3 is 11.8 Å². The monoisotopic (exact) mass is 402 g/mol. The number of ether oxygens (including phenoxy) is 1. The van der Waals surface area contributed by atoms with Crippen LogP contribution in [0.2, 0.25) is 0 Å². The van der Waals surface area contributed by atoms with Gasteiger partial charge in [-0.15, -0.1) is 0 Å². The molecule has 158 valence electrons. The smallest absolute Gasteiger partial charge is 0.313 e. The van der Waals surface area contributed by atoms with Gasteiger partial charge in [0.1, 0.15) is 0 Å². The van der Waals surface area contributed by atoms with E-state index in [1.54, 1.807) is 24.3 Å². The molecular formula is C21H30N4O4. The van der Waals surface area contributed by atoms with Crippen molar-refractivity contribution in [2.75, 3.05) is 31.6 Å². The van der Waals surface area contributed by atoms with Crippen LogP contribution >= 0.6 is 0 Å². The van der Waals surface area contributed by atoms with Crippen molar-refractivity contribution in [1.82, 2.24) is 10.2 Å². The molecule has 3 amide bonds. The summed E-state index contributed by atoms with van der Waals surface area (Å²) in [7, 11) is 0. The fourth-order valence-corrected chi connectivity index (χ4v) is 3.93. The minimum Gasteiger partial charge on any atom is -0.381 e. The summed E-state index contributed by atoms with van der Waals surface area (Å²) in [4.78, 5) is 39.0. The van der Waals surface area contributed by atoms with Crippen LogP contribution in [0.5, 0.6) is 0 Å².